The molecule has 2 rings (SSSR count). The van der Waals surface area contributed by atoms with Gasteiger partial charge >= 0.3 is 0 Å². The van der Waals surface area contributed by atoms with Crippen molar-refractivity contribution in [1.82, 2.24) is 5.32 Å². The highest BCUT2D eigenvalue weighted by Gasteiger charge is 2.23. The molecule has 5 heteroatoms. The molecule has 1 fully saturated rings. The Labute approximate surface area is 105 Å². The molecule has 1 aromatic carbocycles. The predicted molar refractivity (Wildman–Crippen MR) is 66.0 cm³/mol. The summed E-state index contributed by atoms with van der Waals surface area (Å²) in [4.78, 5) is 0. The van der Waals surface area contributed by atoms with E-state index in [1.165, 1.54) is 0 Å². The fourth-order valence-electron chi connectivity index (χ4n) is 1.79. The molecule has 0 bridgehead atoms. The molecular formula is C11H14Cl2N2O. The summed E-state index contributed by atoms with van der Waals surface area (Å²) in [6.07, 6.45) is -0.121. The van der Waals surface area contributed by atoms with Crippen molar-refractivity contribution in [1.29, 1.82) is 0 Å². The molecule has 0 saturated carbocycles. The van der Waals surface area contributed by atoms with Crippen LogP contribution in [0, 0.1) is 0 Å². The first-order chi connectivity index (χ1) is 7.68. The average Bonchev–Trinajstić information content (AvgIpc) is 2.47. The molecule has 88 valence electrons. The maximum Gasteiger partial charge on any atom is 0.0989 e. The standard InChI is InChI=1S/C11H14Cl2N2O/c12-8-2-1-7(5-9(8)13)11-10(14)6-15-3-4-16-11/h1-2,5,10-11,15H,3-4,6,14H2. The second-order valence-corrected chi connectivity index (χ2v) is 4.65. The van der Waals surface area contributed by atoms with Gasteiger partial charge in [0.1, 0.15) is 0 Å². The van der Waals surface area contributed by atoms with Gasteiger partial charge in [-0.05, 0) is 17.7 Å². The van der Waals surface area contributed by atoms with Crippen LogP contribution in [0.25, 0.3) is 0 Å². The summed E-state index contributed by atoms with van der Waals surface area (Å²) >= 11 is 11.8. The predicted octanol–water partition coefficient (Wildman–Crippen LogP) is 1.98. The fraction of sp³-hybridized carbons (Fsp3) is 0.455. The van der Waals surface area contributed by atoms with E-state index in [0.717, 1.165) is 18.7 Å². The van der Waals surface area contributed by atoms with Crippen molar-refractivity contribution in [3.05, 3.63) is 33.8 Å². The summed E-state index contributed by atoms with van der Waals surface area (Å²) in [5.41, 5.74) is 7.01. The van der Waals surface area contributed by atoms with Crippen molar-refractivity contribution in [2.75, 3.05) is 19.7 Å². The van der Waals surface area contributed by atoms with Crippen LogP contribution in [0.15, 0.2) is 18.2 Å². The van der Waals surface area contributed by atoms with Gasteiger partial charge in [0.25, 0.3) is 0 Å². The second-order valence-electron chi connectivity index (χ2n) is 3.83. The number of ether oxygens (including phenoxy) is 1. The highest BCUT2D eigenvalue weighted by atomic mass is 35.5. The van der Waals surface area contributed by atoms with E-state index in [4.69, 9.17) is 33.7 Å². The number of nitrogens with two attached hydrogens (primary N) is 1. The molecule has 2 unspecified atom stereocenters. The number of nitrogens with one attached hydrogen (secondary N) is 1. The lowest BCUT2D eigenvalue weighted by Gasteiger charge is -2.21. The summed E-state index contributed by atoms with van der Waals surface area (Å²) in [5, 5.41) is 4.30. The van der Waals surface area contributed by atoms with Gasteiger partial charge in [-0.2, -0.15) is 0 Å². The minimum Gasteiger partial charge on any atom is -0.371 e. The summed E-state index contributed by atoms with van der Waals surface area (Å²) in [5.74, 6) is 0. The summed E-state index contributed by atoms with van der Waals surface area (Å²) < 4.78 is 5.71. The van der Waals surface area contributed by atoms with E-state index in [0.29, 0.717) is 16.7 Å². The number of halogens is 2. The van der Waals surface area contributed by atoms with Crippen LogP contribution in [0.3, 0.4) is 0 Å². The van der Waals surface area contributed by atoms with Crippen molar-refractivity contribution in [3.63, 3.8) is 0 Å². The first-order valence-corrected chi connectivity index (χ1v) is 5.97. The minimum atomic E-state index is -0.121. The Morgan fingerprint density at radius 3 is 2.88 bits per heavy atom. The Morgan fingerprint density at radius 1 is 1.31 bits per heavy atom. The third-order valence-electron chi connectivity index (χ3n) is 2.62. The van der Waals surface area contributed by atoms with E-state index in [-0.39, 0.29) is 12.1 Å². The number of hydrogen-bond donors (Lipinski definition) is 2. The molecule has 1 saturated heterocycles. The maximum absolute atomic E-state index is 6.04. The topological polar surface area (TPSA) is 47.3 Å². The van der Waals surface area contributed by atoms with Gasteiger partial charge in [-0.1, -0.05) is 29.3 Å². The van der Waals surface area contributed by atoms with E-state index in [2.05, 4.69) is 5.32 Å². The summed E-state index contributed by atoms with van der Waals surface area (Å²) in [6, 6.07) is 5.43. The average molecular weight is 261 g/mol. The molecule has 3 nitrogen and oxygen atoms in total. The quantitative estimate of drug-likeness (QED) is 0.812. The van der Waals surface area contributed by atoms with Gasteiger partial charge in [-0.25, -0.2) is 0 Å². The molecular weight excluding hydrogens is 247 g/mol. The van der Waals surface area contributed by atoms with E-state index in [9.17, 15) is 0 Å². The molecule has 1 aromatic rings. The number of benzene rings is 1. The van der Waals surface area contributed by atoms with E-state index < -0.39 is 0 Å². The lowest BCUT2D eigenvalue weighted by atomic mass is 10.0. The molecule has 0 amide bonds. The van der Waals surface area contributed by atoms with Gasteiger partial charge in [0.2, 0.25) is 0 Å². The number of hydrogen-bond acceptors (Lipinski definition) is 3. The molecule has 2 atom stereocenters. The zero-order chi connectivity index (χ0) is 11.5. The Morgan fingerprint density at radius 2 is 2.12 bits per heavy atom. The van der Waals surface area contributed by atoms with Crippen LogP contribution in [0.4, 0.5) is 0 Å². The van der Waals surface area contributed by atoms with Crippen LogP contribution in [0.1, 0.15) is 11.7 Å². The largest absolute Gasteiger partial charge is 0.371 e. The van der Waals surface area contributed by atoms with Crippen LogP contribution in [0.2, 0.25) is 10.0 Å². The molecule has 0 aliphatic carbocycles. The normalized spacial score (nSPS) is 26.4. The smallest absolute Gasteiger partial charge is 0.0989 e. The van der Waals surface area contributed by atoms with Crippen molar-refractivity contribution < 1.29 is 4.74 Å². The monoisotopic (exact) mass is 260 g/mol. The molecule has 3 N–H and O–H groups in total. The van der Waals surface area contributed by atoms with Gasteiger partial charge in [0.05, 0.1) is 22.8 Å². The highest BCUT2D eigenvalue weighted by molar-refractivity contribution is 6.42. The van der Waals surface area contributed by atoms with Crippen molar-refractivity contribution >= 4 is 23.2 Å². The van der Waals surface area contributed by atoms with Gasteiger partial charge in [-0.15, -0.1) is 0 Å². The first-order valence-electron chi connectivity index (χ1n) is 5.21. The molecule has 0 spiro atoms. The van der Waals surface area contributed by atoms with Crippen LogP contribution >= 0.6 is 23.2 Å². The van der Waals surface area contributed by atoms with Gasteiger partial charge in [-0.3, -0.25) is 0 Å². The maximum atomic E-state index is 6.04. The fourth-order valence-corrected chi connectivity index (χ4v) is 2.10. The van der Waals surface area contributed by atoms with E-state index in [1.54, 1.807) is 6.07 Å². The third kappa shape index (κ3) is 2.67. The van der Waals surface area contributed by atoms with Gasteiger partial charge in [0, 0.05) is 19.1 Å². The molecule has 1 heterocycles. The van der Waals surface area contributed by atoms with Gasteiger partial charge < -0.3 is 15.8 Å². The lowest BCUT2D eigenvalue weighted by Crippen LogP contribution is -2.36. The molecule has 16 heavy (non-hydrogen) atoms. The molecule has 1 aliphatic rings. The van der Waals surface area contributed by atoms with Crippen molar-refractivity contribution in [2.45, 2.75) is 12.1 Å². The Balaban J connectivity index is 2.23. The van der Waals surface area contributed by atoms with Crippen molar-refractivity contribution in [3.8, 4) is 0 Å². The van der Waals surface area contributed by atoms with Crippen LogP contribution in [-0.2, 0) is 4.74 Å². The zero-order valence-electron chi connectivity index (χ0n) is 8.75. The Bertz CT molecular complexity index is 373. The number of rotatable bonds is 1. The summed E-state index contributed by atoms with van der Waals surface area (Å²) in [6.45, 7) is 2.22. The third-order valence-corrected chi connectivity index (χ3v) is 3.36. The minimum absolute atomic E-state index is 0.0697. The van der Waals surface area contributed by atoms with E-state index >= 15 is 0 Å². The second kappa shape index (κ2) is 5.34. The zero-order valence-corrected chi connectivity index (χ0v) is 10.3. The molecule has 0 aromatic heterocycles. The first kappa shape index (κ1) is 12.1. The SMILES string of the molecule is NC1CNCCOC1c1ccc(Cl)c(Cl)c1. The van der Waals surface area contributed by atoms with Crippen LogP contribution in [-0.4, -0.2) is 25.7 Å². The van der Waals surface area contributed by atoms with Crippen LogP contribution < -0.4 is 11.1 Å². The van der Waals surface area contributed by atoms with Gasteiger partial charge in [0.15, 0.2) is 0 Å². The summed E-state index contributed by atoms with van der Waals surface area (Å²) in [7, 11) is 0. The Hall–Kier alpha value is -0.320. The lowest BCUT2D eigenvalue weighted by molar-refractivity contribution is 0.0531. The van der Waals surface area contributed by atoms with Crippen molar-refractivity contribution in [2.24, 2.45) is 5.73 Å². The van der Waals surface area contributed by atoms with E-state index in [1.807, 2.05) is 12.1 Å². The van der Waals surface area contributed by atoms with Crippen LogP contribution in [0.5, 0.6) is 0 Å². The molecule has 0 radical (unpaired) electrons. The molecule has 1 aliphatic heterocycles. The Kier molecular flexibility index (Phi) is 4.05. The highest BCUT2D eigenvalue weighted by Crippen LogP contribution is 2.28.